The van der Waals surface area contributed by atoms with Crippen LogP contribution in [0.2, 0.25) is 0 Å². The highest BCUT2D eigenvalue weighted by molar-refractivity contribution is 5.82. The first-order valence-corrected chi connectivity index (χ1v) is 12.8. The van der Waals surface area contributed by atoms with E-state index >= 15 is 0 Å². The number of carbonyl (C=O) groups excluding carboxylic acids is 1. The van der Waals surface area contributed by atoms with Gasteiger partial charge in [0.1, 0.15) is 0 Å². The van der Waals surface area contributed by atoms with Crippen molar-refractivity contribution in [2.45, 2.75) is 121 Å². The Hall–Kier alpha value is -2.12. The normalized spacial score (nSPS) is 20.5. The van der Waals surface area contributed by atoms with E-state index in [9.17, 15) is 19.2 Å². The fourth-order valence-corrected chi connectivity index (χ4v) is 5.61. The summed E-state index contributed by atoms with van der Waals surface area (Å²) in [7, 11) is 0. The van der Waals surface area contributed by atoms with Crippen molar-refractivity contribution < 1.29 is 34.5 Å². The van der Waals surface area contributed by atoms with Gasteiger partial charge in [0.25, 0.3) is 0 Å². The zero-order valence-electron chi connectivity index (χ0n) is 19.8. The number of carboxylic acids is 3. The van der Waals surface area contributed by atoms with E-state index in [-0.39, 0.29) is 0 Å². The lowest BCUT2D eigenvalue weighted by molar-refractivity contribution is -0.152. The van der Waals surface area contributed by atoms with Crippen LogP contribution in [0.3, 0.4) is 0 Å². The van der Waals surface area contributed by atoms with E-state index in [2.05, 4.69) is 4.90 Å². The maximum absolute atomic E-state index is 13.2. The average molecular weight is 468 g/mol. The number of amides is 1. The van der Waals surface area contributed by atoms with E-state index < -0.39 is 36.7 Å². The van der Waals surface area contributed by atoms with Gasteiger partial charge in [-0.25, -0.2) is 0 Å². The lowest BCUT2D eigenvalue weighted by Crippen LogP contribution is -2.51. The minimum Gasteiger partial charge on any atom is -0.481 e. The van der Waals surface area contributed by atoms with Crippen LogP contribution in [0, 0.1) is 11.8 Å². The highest BCUT2D eigenvalue weighted by Crippen LogP contribution is 2.34. The minimum atomic E-state index is -1.40. The van der Waals surface area contributed by atoms with Crippen molar-refractivity contribution in [3.05, 3.63) is 0 Å². The molecule has 0 unspecified atom stereocenters. The Kier molecular flexibility index (Phi) is 11.7. The number of aliphatic carboxylic acids is 3. The summed E-state index contributed by atoms with van der Waals surface area (Å²) in [4.78, 5) is 46.0. The fourth-order valence-electron chi connectivity index (χ4n) is 5.61. The molecule has 0 aromatic rings. The first-order valence-electron chi connectivity index (χ1n) is 12.8. The third-order valence-corrected chi connectivity index (χ3v) is 7.34. The van der Waals surface area contributed by atoms with Crippen molar-refractivity contribution in [1.82, 2.24) is 4.90 Å². The monoisotopic (exact) mass is 467 g/mol. The van der Waals surface area contributed by atoms with Crippen LogP contribution < -0.4 is 0 Å². The highest BCUT2D eigenvalue weighted by atomic mass is 16.4. The molecule has 188 valence electrons. The van der Waals surface area contributed by atoms with Gasteiger partial charge in [0.15, 0.2) is 0 Å². The molecule has 3 rings (SSSR count). The molecule has 8 heteroatoms. The summed E-state index contributed by atoms with van der Waals surface area (Å²) in [5, 5.41) is 24.7. The quantitative estimate of drug-likeness (QED) is 0.471. The second-order valence-electron chi connectivity index (χ2n) is 9.89. The maximum Gasteiger partial charge on any atom is 0.307 e. The third kappa shape index (κ3) is 9.33. The molecule has 33 heavy (non-hydrogen) atoms. The fraction of sp³-hybridized carbons (Fsp3) is 0.840. The van der Waals surface area contributed by atoms with E-state index in [0.29, 0.717) is 23.9 Å². The summed E-state index contributed by atoms with van der Waals surface area (Å²) in [6.07, 6.45) is 18.1. The molecule has 1 amide bonds. The Morgan fingerprint density at radius 2 is 0.970 bits per heavy atom. The summed E-state index contributed by atoms with van der Waals surface area (Å²) >= 11 is 0. The van der Waals surface area contributed by atoms with Crippen LogP contribution in [0.4, 0.5) is 0 Å². The number of rotatable bonds is 8. The molecular weight excluding hydrogens is 426 g/mol. The average Bonchev–Trinajstić information content (AvgIpc) is 2.80. The van der Waals surface area contributed by atoms with Crippen LogP contribution in [0.25, 0.3) is 0 Å². The molecule has 0 bridgehead atoms. The van der Waals surface area contributed by atoms with Gasteiger partial charge in [-0.05, 0) is 38.5 Å². The summed E-state index contributed by atoms with van der Waals surface area (Å²) in [6, 6.07) is 1.16. The van der Waals surface area contributed by atoms with Crippen molar-refractivity contribution in [3.8, 4) is 0 Å². The van der Waals surface area contributed by atoms with Crippen LogP contribution >= 0.6 is 0 Å². The summed E-state index contributed by atoms with van der Waals surface area (Å²) in [5.74, 6) is -4.47. The highest BCUT2D eigenvalue weighted by Gasteiger charge is 2.36. The molecule has 3 N–H and O–H groups in total. The first kappa shape index (κ1) is 27.1. The lowest BCUT2D eigenvalue weighted by Gasteiger charge is -2.43. The van der Waals surface area contributed by atoms with Crippen LogP contribution in [-0.2, 0) is 19.2 Å². The summed E-state index contributed by atoms with van der Waals surface area (Å²) in [5.41, 5.74) is 0. The van der Waals surface area contributed by atoms with E-state index in [1.807, 2.05) is 0 Å². The standard InChI is InChI=1S/C19H33NO.C6H8O6/c21-19(16-10-4-1-5-11-16)20(17-12-6-2-7-13-17)18-14-8-3-9-15-18;7-4(8)1-3(6(11)12)2-5(9)10/h16-18H,1-15H2;3H,1-2H2,(H,7,8)(H,9,10)(H,11,12). The molecule has 3 aliphatic rings. The smallest absolute Gasteiger partial charge is 0.307 e. The Bertz CT molecular complexity index is 613. The molecule has 3 fully saturated rings. The van der Waals surface area contributed by atoms with Gasteiger partial charge in [0.05, 0.1) is 18.8 Å². The number of carboxylic acid groups (broad SMARTS) is 3. The molecule has 0 aromatic carbocycles. The van der Waals surface area contributed by atoms with Gasteiger partial charge < -0.3 is 20.2 Å². The molecule has 0 aromatic heterocycles. The van der Waals surface area contributed by atoms with Crippen LogP contribution in [0.5, 0.6) is 0 Å². The van der Waals surface area contributed by atoms with Crippen LogP contribution in [-0.4, -0.2) is 56.1 Å². The Labute approximate surface area is 196 Å². The third-order valence-electron chi connectivity index (χ3n) is 7.34. The van der Waals surface area contributed by atoms with E-state index in [0.717, 1.165) is 12.8 Å². The van der Waals surface area contributed by atoms with Gasteiger partial charge in [-0.3, -0.25) is 19.2 Å². The van der Waals surface area contributed by atoms with Gasteiger partial charge in [0.2, 0.25) is 5.91 Å². The van der Waals surface area contributed by atoms with E-state index in [1.165, 1.54) is 83.5 Å². The SMILES string of the molecule is O=C(C1CCCCC1)N(C1CCCCC1)C1CCCCC1.O=C(O)CC(CC(=O)O)C(=O)O. The zero-order valence-corrected chi connectivity index (χ0v) is 19.8. The predicted octanol–water partition coefficient (Wildman–Crippen LogP) is 4.70. The predicted molar refractivity (Wildman–Crippen MR) is 123 cm³/mol. The minimum absolute atomic E-state index is 0.364. The Morgan fingerprint density at radius 3 is 1.30 bits per heavy atom. The second kappa shape index (κ2) is 14.2. The van der Waals surface area contributed by atoms with Gasteiger partial charge in [-0.2, -0.15) is 0 Å². The number of carbonyl (C=O) groups is 4. The zero-order chi connectivity index (χ0) is 24.2. The van der Waals surface area contributed by atoms with Crippen molar-refractivity contribution in [3.63, 3.8) is 0 Å². The Balaban J connectivity index is 0.000000277. The largest absolute Gasteiger partial charge is 0.481 e. The molecule has 0 aliphatic heterocycles. The molecule has 0 atom stereocenters. The Morgan fingerprint density at radius 1 is 0.606 bits per heavy atom. The van der Waals surface area contributed by atoms with Crippen LogP contribution in [0.15, 0.2) is 0 Å². The second-order valence-corrected chi connectivity index (χ2v) is 9.89. The van der Waals surface area contributed by atoms with E-state index in [4.69, 9.17) is 15.3 Å². The van der Waals surface area contributed by atoms with Crippen molar-refractivity contribution in [1.29, 1.82) is 0 Å². The molecular formula is C25H41NO7. The van der Waals surface area contributed by atoms with Gasteiger partial charge >= 0.3 is 17.9 Å². The van der Waals surface area contributed by atoms with Gasteiger partial charge in [-0.1, -0.05) is 57.8 Å². The summed E-state index contributed by atoms with van der Waals surface area (Å²) < 4.78 is 0. The van der Waals surface area contributed by atoms with Gasteiger partial charge in [0, 0.05) is 18.0 Å². The van der Waals surface area contributed by atoms with Crippen molar-refractivity contribution in [2.75, 3.05) is 0 Å². The number of nitrogens with zero attached hydrogens (tertiary/aromatic N) is 1. The number of hydrogen-bond donors (Lipinski definition) is 3. The molecule has 0 radical (unpaired) electrons. The molecule has 3 saturated carbocycles. The van der Waals surface area contributed by atoms with E-state index in [1.54, 1.807) is 0 Å². The number of hydrogen-bond acceptors (Lipinski definition) is 4. The molecule has 0 spiro atoms. The molecule has 0 saturated heterocycles. The molecule has 8 nitrogen and oxygen atoms in total. The summed E-state index contributed by atoms with van der Waals surface area (Å²) in [6.45, 7) is 0. The lowest BCUT2D eigenvalue weighted by atomic mass is 9.84. The molecule has 3 aliphatic carbocycles. The van der Waals surface area contributed by atoms with Crippen molar-refractivity contribution in [2.24, 2.45) is 11.8 Å². The molecule has 0 heterocycles. The maximum atomic E-state index is 13.2. The van der Waals surface area contributed by atoms with Gasteiger partial charge in [-0.15, -0.1) is 0 Å². The van der Waals surface area contributed by atoms with Crippen LogP contribution in [0.1, 0.15) is 109 Å². The topological polar surface area (TPSA) is 132 Å². The van der Waals surface area contributed by atoms with Crippen molar-refractivity contribution >= 4 is 23.8 Å². The first-order chi connectivity index (χ1) is 15.8.